The average Bonchev–Trinajstić information content (AvgIpc) is 3.36. The van der Waals surface area contributed by atoms with Crippen molar-refractivity contribution in [2.75, 3.05) is 40.9 Å². The number of hydrogen-bond acceptors (Lipinski definition) is 6. The van der Waals surface area contributed by atoms with Gasteiger partial charge in [-0.3, -0.25) is 9.36 Å². The first kappa shape index (κ1) is 72.2. The lowest BCUT2D eigenvalue weighted by Gasteiger charge is -2.29. The Morgan fingerprint density at radius 1 is 0.473 bits per heavy atom. The summed E-state index contributed by atoms with van der Waals surface area (Å²) in [7, 11) is 1.24. The summed E-state index contributed by atoms with van der Waals surface area (Å²) >= 11 is 0. The van der Waals surface area contributed by atoms with Crippen molar-refractivity contribution < 1.29 is 32.9 Å². The molecule has 0 fully saturated rings. The van der Waals surface area contributed by atoms with Crippen LogP contribution in [-0.4, -0.2) is 68.5 Å². The SMILES string of the molecule is CCCCCCC/C=C\C/C=C\C/C=C\CCCCCCCCCCCCC(=O)NC(COP(=O)([O-])OCC[N+](C)(C)C)C(O)/C=C/CC/C=C/CCCCCCCCCCCCCCCCCCCCCCC. The molecule has 3 unspecified atom stereocenters. The van der Waals surface area contributed by atoms with Crippen molar-refractivity contribution in [3.8, 4) is 0 Å². The number of phosphoric acid groups is 1. The maximum atomic E-state index is 13.0. The van der Waals surface area contributed by atoms with Gasteiger partial charge >= 0.3 is 0 Å². The number of carbonyl (C=O) groups is 1. The molecule has 2 N–H and O–H groups in total. The zero-order valence-corrected chi connectivity index (χ0v) is 50.4. The number of unbranched alkanes of at least 4 members (excludes halogenated alkanes) is 37. The largest absolute Gasteiger partial charge is 0.756 e. The highest BCUT2D eigenvalue weighted by atomic mass is 31.2. The lowest BCUT2D eigenvalue weighted by molar-refractivity contribution is -0.870. The fourth-order valence-corrected chi connectivity index (χ4v) is 9.96. The first-order chi connectivity index (χ1) is 36.0. The molecule has 8 nitrogen and oxygen atoms in total. The summed E-state index contributed by atoms with van der Waals surface area (Å²) in [6.45, 7) is 4.65. The Morgan fingerprint density at radius 3 is 1.19 bits per heavy atom. The van der Waals surface area contributed by atoms with Gasteiger partial charge in [-0.25, -0.2) is 0 Å². The maximum Gasteiger partial charge on any atom is 0.268 e. The number of hydrogen-bond donors (Lipinski definition) is 2. The van der Waals surface area contributed by atoms with Crippen LogP contribution >= 0.6 is 7.82 Å². The predicted molar refractivity (Wildman–Crippen MR) is 321 cm³/mol. The minimum absolute atomic E-state index is 0.00865. The van der Waals surface area contributed by atoms with E-state index in [4.69, 9.17) is 9.05 Å². The summed E-state index contributed by atoms with van der Waals surface area (Å²) in [6, 6.07) is -0.909. The van der Waals surface area contributed by atoms with Crippen LogP contribution < -0.4 is 10.2 Å². The van der Waals surface area contributed by atoms with Crippen LogP contribution in [-0.2, 0) is 18.4 Å². The fourth-order valence-electron chi connectivity index (χ4n) is 9.24. The second kappa shape index (κ2) is 55.9. The van der Waals surface area contributed by atoms with Crippen molar-refractivity contribution in [2.45, 2.75) is 309 Å². The van der Waals surface area contributed by atoms with Crippen molar-refractivity contribution >= 4 is 13.7 Å². The molecular weight excluding hydrogens is 936 g/mol. The molecule has 0 spiro atoms. The third-order valence-corrected chi connectivity index (χ3v) is 15.2. The van der Waals surface area contributed by atoms with Gasteiger partial charge in [0.2, 0.25) is 5.91 Å². The van der Waals surface area contributed by atoms with Crippen LogP contribution in [0.15, 0.2) is 60.8 Å². The van der Waals surface area contributed by atoms with Crippen LogP contribution in [0, 0.1) is 0 Å². The third-order valence-electron chi connectivity index (χ3n) is 14.2. The zero-order valence-electron chi connectivity index (χ0n) is 49.5. The molecule has 0 saturated heterocycles. The normalized spacial score (nSPS) is 14.2. The first-order valence-corrected chi connectivity index (χ1v) is 33.1. The second-order valence-electron chi connectivity index (χ2n) is 22.8. The topological polar surface area (TPSA) is 108 Å². The molecule has 0 aliphatic carbocycles. The molecule has 74 heavy (non-hydrogen) atoms. The number of aliphatic hydroxyl groups is 1. The molecule has 0 aliphatic rings. The molecule has 0 bridgehead atoms. The van der Waals surface area contributed by atoms with Gasteiger partial charge < -0.3 is 28.8 Å². The minimum Gasteiger partial charge on any atom is -0.756 e. The van der Waals surface area contributed by atoms with E-state index in [1.54, 1.807) is 6.08 Å². The zero-order chi connectivity index (χ0) is 54.2. The molecule has 0 radical (unpaired) electrons. The number of aliphatic hydroxyl groups excluding tert-OH is 1. The number of likely N-dealkylation sites (N-methyl/N-ethyl adjacent to an activating group) is 1. The Bertz CT molecular complexity index is 1390. The molecule has 1 amide bonds. The number of carbonyl (C=O) groups excluding carboxylic acids is 1. The smallest absolute Gasteiger partial charge is 0.268 e. The molecule has 0 rings (SSSR count). The first-order valence-electron chi connectivity index (χ1n) is 31.7. The predicted octanol–water partition coefficient (Wildman–Crippen LogP) is 19.0. The molecular formula is C65H123N2O6P. The molecule has 0 aromatic carbocycles. The van der Waals surface area contributed by atoms with E-state index >= 15 is 0 Å². The standard InChI is InChI=1S/C65H123N2O6P/c1-6-8-10-12-14-16-18-20-22-24-26-28-30-32-33-35-36-38-40-42-44-46-48-50-52-54-56-58-64(68)63(62-73-74(70,71)72-61-60-67(3,4)5)66-65(69)59-57-55-53-51-49-47-45-43-41-39-37-34-31-29-27-25-23-21-19-17-15-13-11-9-7-2/h19,21,25,27,31,34,48,50,56,58,63-64,68H,6-18,20,22-24,26,28-30,32-33,35-47,49,51-55,57,59-62H2,1-5H3,(H-,66,69,70,71)/b21-19-,27-25-,34-31-,50-48+,58-56+. The van der Waals surface area contributed by atoms with Gasteiger partial charge in [0, 0.05) is 6.42 Å². The molecule has 9 heteroatoms. The van der Waals surface area contributed by atoms with E-state index in [1.165, 1.54) is 225 Å². The quantitative estimate of drug-likeness (QED) is 0.0272. The molecule has 3 atom stereocenters. The summed E-state index contributed by atoms with van der Waals surface area (Å²) in [6.07, 6.45) is 76.0. The van der Waals surface area contributed by atoms with Gasteiger partial charge in [-0.1, -0.05) is 280 Å². The molecule has 0 aromatic heterocycles. The number of quaternary nitrogens is 1. The summed E-state index contributed by atoms with van der Waals surface area (Å²) < 4.78 is 23.4. The molecule has 0 aromatic rings. The molecule has 0 aliphatic heterocycles. The Kier molecular flexibility index (Phi) is 54.6. The van der Waals surface area contributed by atoms with Crippen molar-refractivity contribution in [3.63, 3.8) is 0 Å². The van der Waals surface area contributed by atoms with Crippen molar-refractivity contribution in [2.24, 2.45) is 0 Å². The van der Waals surface area contributed by atoms with Gasteiger partial charge in [0.05, 0.1) is 39.9 Å². The highest BCUT2D eigenvalue weighted by molar-refractivity contribution is 7.45. The van der Waals surface area contributed by atoms with Gasteiger partial charge in [-0.2, -0.15) is 0 Å². The minimum atomic E-state index is -4.61. The van der Waals surface area contributed by atoms with E-state index in [1.807, 2.05) is 27.2 Å². The van der Waals surface area contributed by atoms with E-state index in [2.05, 4.69) is 67.8 Å². The van der Waals surface area contributed by atoms with E-state index in [-0.39, 0.29) is 12.5 Å². The highest BCUT2D eigenvalue weighted by Gasteiger charge is 2.23. The van der Waals surface area contributed by atoms with Gasteiger partial charge in [0.1, 0.15) is 13.2 Å². The Morgan fingerprint density at radius 2 is 0.797 bits per heavy atom. The van der Waals surface area contributed by atoms with Gasteiger partial charge in [0.15, 0.2) is 0 Å². The lowest BCUT2D eigenvalue weighted by atomic mass is 10.0. The summed E-state index contributed by atoms with van der Waals surface area (Å²) in [5, 5.41) is 13.9. The van der Waals surface area contributed by atoms with Crippen LogP contribution in [0.5, 0.6) is 0 Å². The van der Waals surface area contributed by atoms with Crippen molar-refractivity contribution in [3.05, 3.63) is 60.8 Å². The number of nitrogens with one attached hydrogen (secondary N) is 1. The van der Waals surface area contributed by atoms with Gasteiger partial charge in [-0.05, 0) is 70.6 Å². The molecule has 434 valence electrons. The maximum absolute atomic E-state index is 13.0. The Hall–Kier alpha value is -1.80. The number of phosphoric ester groups is 1. The summed E-state index contributed by atoms with van der Waals surface area (Å²) in [4.78, 5) is 25.6. The van der Waals surface area contributed by atoms with E-state index in [9.17, 15) is 19.4 Å². The van der Waals surface area contributed by atoms with E-state index < -0.39 is 26.6 Å². The Balaban J connectivity index is 4.21. The van der Waals surface area contributed by atoms with Crippen LogP contribution in [0.3, 0.4) is 0 Å². The van der Waals surface area contributed by atoms with Crippen molar-refractivity contribution in [1.29, 1.82) is 0 Å². The van der Waals surface area contributed by atoms with Gasteiger partial charge in [0.25, 0.3) is 7.82 Å². The molecule has 0 saturated carbocycles. The van der Waals surface area contributed by atoms with E-state index in [0.29, 0.717) is 17.4 Å². The number of amides is 1. The summed E-state index contributed by atoms with van der Waals surface area (Å²) in [5.74, 6) is -0.210. The Labute approximate surface area is 460 Å². The van der Waals surface area contributed by atoms with Crippen molar-refractivity contribution in [1.82, 2.24) is 5.32 Å². The number of nitrogens with zero attached hydrogens (tertiary/aromatic N) is 1. The van der Waals surface area contributed by atoms with Gasteiger partial charge in [-0.15, -0.1) is 0 Å². The fraction of sp³-hybridized carbons (Fsp3) is 0.831. The highest BCUT2D eigenvalue weighted by Crippen LogP contribution is 2.38. The average molecular weight is 1060 g/mol. The number of allylic oxidation sites excluding steroid dienone is 9. The monoisotopic (exact) mass is 1060 g/mol. The van der Waals surface area contributed by atoms with Crippen LogP contribution in [0.1, 0.15) is 296 Å². The number of rotatable bonds is 58. The van der Waals surface area contributed by atoms with Crippen LogP contribution in [0.4, 0.5) is 0 Å². The van der Waals surface area contributed by atoms with E-state index in [0.717, 1.165) is 51.4 Å². The van der Waals surface area contributed by atoms with Crippen LogP contribution in [0.2, 0.25) is 0 Å². The molecule has 0 heterocycles. The third kappa shape index (κ3) is 57.9. The summed E-state index contributed by atoms with van der Waals surface area (Å²) in [5.41, 5.74) is 0. The van der Waals surface area contributed by atoms with Crippen LogP contribution in [0.25, 0.3) is 0 Å². The lowest BCUT2D eigenvalue weighted by Crippen LogP contribution is -2.45. The second-order valence-corrected chi connectivity index (χ2v) is 24.2.